The summed E-state index contributed by atoms with van der Waals surface area (Å²) in [6.07, 6.45) is 5.48. The first-order chi connectivity index (χ1) is 7.07. The van der Waals surface area contributed by atoms with E-state index in [2.05, 4.69) is 29.2 Å². The quantitative estimate of drug-likeness (QED) is 0.818. The molecule has 1 N–H and O–H groups in total. The molecule has 1 heterocycles. The van der Waals surface area contributed by atoms with Gasteiger partial charge in [-0.15, -0.1) is 0 Å². The lowest BCUT2D eigenvalue weighted by atomic mass is 9.92. The lowest BCUT2D eigenvalue weighted by Crippen LogP contribution is -2.28. The van der Waals surface area contributed by atoms with Crippen LogP contribution in [0.1, 0.15) is 38.9 Å². The molecule has 1 aliphatic carbocycles. The van der Waals surface area contributed by atoms with Crippen LogP contribution in [-0.2, 0) is 13.6 Å². The Labute approximate surface area is 91.1 Å². The molecule has 1 aromatic heterocycles. The average Bonchev–Trinajstić information content (AvgIpc) is 2.69. The molecule has 0 saturated heterocycles. The standard InChI is InChI=1S/C11H20N4/c1-11(2)5-4-9(6-11)12-7-10-13-8-14-15(10)3/h8-9,12H,4-7H2,1-3H3. The van der Waals surface area contributed by atoms with Crippen molar-refractivity contribution in [2.24, 2.45) is 12.5 Å². The maximum Gasteiger partial charge on any atom is 0.140 e. The van der Waals surface area contributed by atoms with E-state index < -0.39 is 0 Å². The molecular weight excluding hydrogens is 188 g/mol. The fraction of sp³-hybridized carbons (Fsp3) is 0.818. The van der Waals surface area contributed by atoms with E-state index in [0.717, 1.165) is 12.4 Å². The van der Waals surface area contributed by atoms with Gasteiger partial charge >= 0.3 is 0 Å². The Morgan fingerprint density at radius 3 is 2.93 bits per heavy atom. The Hall–Kier alpha value is -0.900. The molecule has 0 aliphatic heterocycles. The number of aryl methyl sites for hydroxylation is 1. The highest BCUT2D eigenvalue weighted by atomic mass is 15.3. The Morgan fingerprint density at radius 1 is 1.60 bits per heavy atom. The second kappa shape index (κ2) is 3.93. The molecule has 15 heavy (non-hydrogen) atoms. The predicted octanol–water partition coefficient (Wildman–Crippen LogP) is 1.48. The SMILES string of the molecule is Cn1ncnc1CNC1CCC(C)(C)C1. The van der Waals surface area contributed by atoms with Crippen LogP contribution in [0.15, 0.2) is 6.33 Å². The van der Waals surface area contributed by atoms with Crippen molar-refractivity contribution >= 4 is 0 Å². The maximum absolute atomic E-state index is 4.20. The lowest BCUT2D eigenvalue weighted by Gasteiger charge is -2.17. The van der Waals surface area contributed by atoms with Gasteiger partial charge in [-0.1, -0.05) is 13.8 Å². The molecule has 1 aliphatic rings. The number of nitrogens with zero attached hydrogens (tertiary/aromatic N) is 3. The molecule has 1 saturated carbocycles. The summed E-state index contributed by atoms with van der Waals surface area (Å²) in [7, 11) is 1.93. The van der Waals surface area contributed by atoms with Crippen molar-refractivity contribution in [3.63, 3.8) is 0 Å². The van der Waals surface area contributed by atoms with Gasteiger partial charge in [-0.25, -0.2) is 4.98 Å². The maximum atomic E-state index is 4.20. The minimum atomic E-state index is 0.511. The van der Waals surface area contributed by atoms with Crippen LogP contribution in [0.4, 0.5) is 0 Å². The topological polar surface area (TPSA) is 42.7 Å². The van der Waals surface area contributed by atoms with Crippen LogP contribution in [0.2, 0.25) is 0 Å². The van der Waals surface area contributed by atoms with Crippen molar-refractivity contribution in [3.8, 4) is 0 Å². The zero-order valence-electron chi connectivity index (χ0n) is 9.82. The van der Waals surface area contributed by atoms with Gasteiger partial charge in [0.2, 0.25) is 0 Å². The fourth-order valence-electron chi connectivity index (χ4n) is 2.33. The Morgan fingerprint density at radius 2 is 2.40 bits per heavy atom. The van der Waals surface area contributed by atoms with Crippen LogP contribution in [0.5, 0.6) is 0 Å². The van der Waals surface area contributed by atoms with Crippen LogP contribution in [-0.4, -0.2) is 20.8 Å². The van der Waals surface area contributed by atoms with E-state index in [1.165, 1.54) is 19.3 Å². The Kier molecular flexibility index (Phi) is 2.78. The van der Waals surface area contributed by atoms with Crippen LogP contribution >= 0.6 is 0 Å². The summed E-state index contributed by atoms with van der Waals surface area (Å²) in [6.45, 7) is 5.52. The first-order valence-electron chi connectivity index (χ1n) is 5.63. The van der Waals surface area contributed by atoms with Crippen molar-refractivity contribution in [1.82, 2.24) is 20.1 Å². The number of hydrogen-bond donors (Lipinski definition) is 1. The number of rotatable bonds is 3. The number of hydrogen-bond acceptors (Lipinski definition) is 3. The summed E-state index contributed by atoms with van der Waals surface area (Å²) in [5.74, 6) is 1.01. The molecule has 1 aromatic rings. The number of nitrogens with one attached hydrogen (secondary N) is 1. The van der Waals surface area contributed by atoms with E-state index >= 15 is 0 Å². The molecule has 1 atom stereocenters. The lowest BCUT2D eigenvalue weighted by molar-refractivity contribution is 0.363. The molecule has 0 radical (unpaired) electrons. The summed E-state index contributed by atoms with van der Waals surface area (Å²) >= 11 is 0. The first-order valence-corrected chi connectivity index (χ1v) is 5.63. The largest absolute Gasteiger partial charge is 0.307 e. The highest BCUT2D eigenvalue weighted by Gasteiger charge is 2.30. The Balaban J connectivity index is 1.83. The fourth-order valence-corrected chi connectivity index (χ4v) is 2.33. The summed E-state index contributed by atoms with van der Waals surface area (Å²) in [4.78, 5) is 4.20. The molecule has 2 rings (SSSR count). The minimum absolute atomic E-state index is 0.511. The van der Waals surface area contributed by atoms with Crippen LogP contribution in [0.3, 0.4) is 0 Å². The zero-order valence-corrected chi connectivity index (χ0v) is 9.82. The van der Waals surface area contributed by atoms with Crippen molar-refractivity contribution < 1.29 is 0 Å². The van der Waals surface area contributed by atoms with E-state index in [0.29, 0.717) is 11.5 Å². The van der Waals surface area contributed by atoms with Gasteiger partial charge in [0.15, 0.2) is 0 Å². The molecule has 0 spiro atoms. The summed E-state index contributed by atoms with van der Waals surface area (Å²) < 4.78 is 1.83. The van der Waals surface area contributed by atoms with Gasteiger partial charge in [0, 0.05) is 13.1 Å². The normalized spacial score (nSPS) is 24.6. The molecular formula is C11H20N4. The minimum Gasteiger partial charge on any atom is -0.307 e. The molecule has 4 heteroatoms. The van der Waals surface area contributed by atoms with Crippen LogP contribution < -0.4 is 5.32 Å². The van der Waals surface area contributed by atoms with Gasteiger partial charge in [0.25, 0.3) is 0 Å². The monoisotopic (exact) mass is 208 g/mol. The van der Waals surface area contributed by atoms with Gasteiger partial charge in [-0.05, 0) is 24.7 Å². The second-order valence-electron chi connectivity index (χ2n) is 5.28. The molecule has 1 unspecified atom stereocenters. The van der Waals surface area contributed by atoms with Gasteiger partial charge in [-0.3, -0.25) is 4.68 Å². The van der Waals surface area contributed by atoms with Gasteiger partial charge in [-0.2, -0.15) is 5.10 Å². The summed E-state index contributed by atoms with van der Waals surface area (Å²) in [5.41, 5.74) is 0.511. The molecule has 4 nitrogen and oxygen atoms in total. The van der Waals surface area contributed by atoms with Crippen molar-refractivity contribution in [1.29, 1.82) is 0 Å². The Bertz CT molecular complexity index is 329. The highest BCUT2D eigenvalue weighted by Crippen LogP contribution is 2.36. The second-order valence-corrected chi connectivity index (χ2v) is 5.28. The molecule has 84 valence electrons. The predicted molar refractivity (Wildman–Crippen MR) is 59.3 cm³/mol. The van der Waals surface area contributed by atoms with Crippen molar-refractivity contribution in [2.45, 2.75) is 45.7 Å². The highest BCUT2D eigenvalue weighted by molar-refractivity contribution is 4.89. The van der Waals surface area contributed by atoms with E-state index in [1.807, 2.05) is 11.7 Å². The smallest absolute Gasteiger partial charge is 0.140 e. The van der Waals surface area contributed by atoms with E-state index in [1.54, 1.807) is 6.33 Å². The van der Waals surface area contributed by atoms with Crippen LogP contribution in [0.25, 0.3) is 0 Å². The van der Waals surface area contributed by atoms with E-state index in [9.17, 15) is 0 Å². The van der Waals surface area contributed by atoms with E-state index in [4.69, 9.17) is 0 Å². The van der Waals surface area contributed by atoms with Crippen LogP contribution in [0, 0.1) is 5.41 Å². The zero-order chi connectivity index (χ0) is 10.9. The van der Waals surface area contributed by atoms with Gasteiger partial charge in [0.05, 0.1) is 6.54 Å². The third kappa shape index (κ3) is 2.56. The average molecular weight is 208 g/mol. The summed E-state index contributed by atoms with van der Waals surface area (Å²) in [6, 6.07) is 0.650. The molecule has 1 fully saturated rings. The summed E-state index contributed by atoms with van der Waals surface area (Å²) in [5, 5.41) is 7.61. The molecule has 0 bridgehead atoms. The van der Waals surface area contributed by atoms with Gasteiger partial charge in [0.1, 0.15) is 12.2 Å². The van der Waals surface area contributed by atoms with Crippen molar-refractivity contribution in [2.75, 3.05) is 0 Å². The van der Waals surface area contributed by atoms with Crippen molar-refractivity contribution in [3.05, 3.63) is 12.2 Å². The van der Waals surface area contributed by atoms with Gasteiger partial charge < -0.3 is 5.32 Å². The third-order valence-corrected chi connectivity index (χ3v) is 3.32. The number of aromatic nitrogens is 3. The molecule has 0 aromatic carbocycles. The van der Waals surface area contributed by atoms with E-state index in [-0.39, 0.29) is 0 Å². The first kappa shape index (κ1) is 10.6. The molecule has 0 amide bonds. The third-order valence-electron chi connectivity index (χ3n) is 3.32.